The predicted octanol–water partition coefficient (Wildman–Crippen LogP) is 4.10. The molecule has 160 valence electrons. The molecule has 0 aliphatic heterocycles. The topological polar surface area (TPSA) is 107 Å². The first kappa shape index (κ1) is 23.6. The Labute approximate surface area is 184 Å². The first-order valence-electron chi connectivity index (χ1n) is 8.85. The smallest absolute Gasteiger partial charge is 0.278 e. The van der Waals surface area contributed by atoms with Gasteiger partial charge in [-0.05, 0) is 60.7 Å². The third-order valence-electron chi connectivity index (χ3n) is 3.70. The van der Waals surface area contributed by atoms with Gasteiger partial charge in [-0.3, -0.25) is 14.2 Å². The highest BCUT2D eigenvalue weighted by molar-refractivity contribution is 9.10. The molecule has 2 aromatic carbocycles. The van der Waals surface area contributed by atoms with Gasteiger partial charge in [-0.15, -0.1) is 0 Å². The number of aromatic nitrogens is 2. The van der Waals surface area contributed by atoms with Gasteiger partial charge in [0.2, 0.25) is 0 Å². The van der Waals surface area contributed by atoms with Gasteiger partial charge >= 0.3 is 0 Å². The summed E-state index contributed by atoms with van der Waals surface area (Å²) in [5.74, 6) is -0.596. The van der Waals surface area contributed by atoms with Crippen LogP contribution in [0.1, 0.15) is 0 Å². The number of aromatic amines is 1. The Balaban J connectivity index is 0.000000181. The summed E-state index contributed by atoms with van der Waals surface area (Å²) in [6, 6.07) is 18.4. The fourth-order valence-electron chi connectivity index (χ4n) is 2.23. The minimum absolute atomic E-state index is 0.141. The first-order valence-corrected chi connectivity index (χ1v) is 9.64. The van der Waals surface area contributed by atoms with Gasteiger partial charge in [0.05, 0.1) is 17.1 Å². The van der Waals surface area contributed by atoms with Gasteiger partial charge in [-0.2, -0.15) is 0 Å². The number of hydrogen-bond acceptors (Lipinski definition) is 4. The maximum absolute atomic E-state index is 12.9. The third kappa shape index (κ3) is 7.56. The summed E-state index contributed by atoms with van der Waals surface area (Å²) < 4.78 is 27.2. The maximum Gasteiger partial charge on any atom is 0.278 e. The van der Waals surface area contributed by atoms with E-state index in [4.69, 9.17) is 11.5 Å². The Morgan fingerprint density at radius 3 is 1.97 bits per heavy atom. The Kier molecular flexibility index (Phi) is 8.71. The normalized spacial score (nSPS) is 9.65. The summed E-state index contributed by atoms with van der Waals surface area (Å²) in [6.07, 6.45) is 3.09. The average Bonchev–Trinajstić information content (AvgIpc) is 2.73. The number of nitrogens with two attached hydrogens (primary N) is 2. The van der Waals surface area contributed by atoms with Gasteiger partial charge in [0, 0.05) is 16.9 Å². The number of nitrogens with one attached hydrogen (secondary N) is 1. The second kappa shape index (κ2) is 11.5. The Morgan fingerprint density at radius 2 is 1.45 bits per heavy atom. The molecule has 4 aromatic rings. The van der Waals surface area contributed by atoms with E-state index < -0.39 is 0 Å². The van der Waals surface area contributed by atoms with Crippen LogP contribution >= 0.6 is 15.9 Å². The highest BCUT2D eigenvalue weighted by Crippen LogP contribution is 2.09. The standard InChI is InChI=1S/C11H9FN2O.C6H4BrF.C5H6N2O/c12-8-3-1-4-9(7-8)14-6-2-5-10(13)11(14)15;7-5-2-1-3-6(8)4-5;6-4-2-1-3-7-5(4)8/h1-7H,13H2;1-4H;1-3H,6H2,(H,7,8). The van der Waals surface area contributed by atoms with Crippen molar-refractivity contribution in [2.45, 2.75) is 0 Å². The second-order valence-electron chi connectivity index (χ2n) is 6.01. The third-order valence-corrected chi connectivity index (χ3v) is 4.19. The van der Waals surface area contributed by atoms with E-state index in [1.54, 1.807) is 54.9 Å². The molecule has 0 saturated heterocycles. The summed E-state index contributed by atoms with van der Waals surface area (Å²) in [4.78, 5) is 24.5. The summed E-state index contributed by atoms with van der Waals surface area (Å²) in [7, 11) is 0. The molecule has 0 unspecified atom stereocenters. The number of benzene rings is 2. The van der Waals surface area contributed by atoms with Crippen LogP contribution in [0.4, 0.5) is 20.2 Å². The average molecular weight is 489 g/mol. The van der Waals surface area contributed by atoms with Crippen LogP contribution in [0.3, 0.4) is 0 Å². The number of H-pyrrole nitrogens is 1. The summed E-state index contributed by atoms with van der Waals surface area (Å²) in [5, 5.41) is 0. The van der Waals surface area contributed by atoms with E-state index in [2.05, 4.69) is 20.9 Å². The van der Waals surface area contributed by atoms with Crippen molar-refractivity contribution in [1.82, 2.24) is 9.55 Å². The molecule has 2 aromatic heterocycles. The molecule has 0 spiro atoms. The molecule has 5 N–H and O–H groups in total. The van der Waals surface area contributed by atoms with Gasteiger partial charge in [0.1, 0.15) is 11.6 Å². The minimum Gasteiger partial charge on any atom is -0.394 e. The van der Waals surface area contributed by atoms with Gasteiger partial charge in [0.25, 0.3) is 11.1 Å². The van der Waals surface area contributed by atoms with Gasteiger partial charge in [-0.25, -0.2) is 8.78 Å². The molecule has 0 saturated carbocycles. The van der Waals surface area contributed by atoms with Crippen molar-refractivity contribution in [2.75, 3.05) is 11.5 Å². The van der Waals surface area contributed by atoms with Crippen LogP contribution in [-0.4, -0.2) is 9.55 Å². The highest BCUT2D eigenvalue weighted by Gasteiger charge is 2.02. The number of nitrogens with zero attached hydrogens (tertiary/aromatic N) is 1. The molecule has 0 atom stereocenters. The molecule has 0 bridgehead atoms. The van der Waals surface area contributed by atoms with Gasteiger partial charge in [-0.1, -0.05) is 28.1 Å². The molecule has 0 aliphatic rings. The van der Waals surface area contributed by atoms with Crippen LogP contribution in [0.15, 0.2) is 99.3 Å². The molecule has 31 heavy (non-hydrogen) atoms. The zero-order valence-corrected chi connectivity index (χ0v) is 17.7. The molecule has 9 heteroatoms. The van der Waals surface area contributed by atoms with Crippen molar-refractivity contribution in [1.29, 1.82) is 0 Å². The van der Waals surface area contributed by atoms with E-state index in [0.29, 0.717) is 5.69 Å². The summed E-state index contributed by atoms with van der Waals surface area (Å²) in [6.45, 7) is 0. The second-order valence-corrected chi connectivity index (χ2v) is 6.93. The first-order chi connectivity index (χ1) is 14.8. The van der Waals surface area contributed by atoms with E-state index in [0.717, 1.165) is 4.47 Å². The number of anilines is 2. The lowest BCUT2D eigenvalue weighted by Crippen LogP contribution is -2.20. The van der Waals surface area contributed by atoms with Crippen LogP contribution in [0.2, 0.25) is 0 Å². The van der Waals surface area contributed by atoms with Crippen LogP contribution < -0.4 is 22.6 Å². The molecule has 0 fully saturated rings. The molecule has 2 heterocycles. The van der Waals surface area contributed by atoms with Crippen molar-refractivity contribution in [3.63, 3.8) is 0 Å². The zero-order valence-electron chi connectivity index (χ0n) is 16.1. The maximum atomic E-state index is 12.9. The number of pyridine rings is 2. The van der Waals surface area contributed by atoms with E-state index in [-0.39, 0.29) is 34.1 Å². The van der Waals surface area contributed by atoms with Crippen LogP contribution in [0, 0.1) is 11.6 Å². The molecule has 4 rings (SSSR count). The lowest BCUT2D eigenvalue weighted by molar-refractivity contribution is 0.626. The van der Waals surface area contributed by atoms with Gasteiger partial charge in [0.15, 0.2) is 0 Å². The molecular weight excluding hydrogens is 470 g/mol. The largest absolute Gasteiger partial charge is 0.394 e. The van der Waals surface area contributed by atoms with E-state index in [1.807, 2.05) is 0 Å². The molecule has 0 radical (unpaired) electrons. The minimum atomic E-state index is -0.387. The van der Waals surface area contributed by atoms with Crippen molar-refractivity contribution < 1.29 is 8.78 Å². The quantitative estimate of drug-likeness (QED) is 0.374. The van der Waals surface area contributed by atoms with Crippen molar-refractivity contribution in [2.24, 2.45) is 0 Å². The van der Waals surface area contributed by atoms with Gasteiger partial charge < -0.3 is 16.5 Å². The fraction of sp³-hybridized carbons (Fsp3) is 0. The lowest BCUT2D eigenvalue weighted by atomic mass is 10.3. The fourth-order valence-corrected chi connectivity index (χ4v) is 2.61. The summed E-state index contributed by atoms with van der Waals surface area (Å²) >= 11 is 3.12. The molecular formula is C22H19BrF2N4O2. The Bertz CT molecular complexity index is 1240. The highest BCUT2D eigenvalue weighted by atomic mass is 79.9. The number of rotatable bonds is 1. The van der Waals surface area contributed by atoms with Crippen LogP contribution in [0.5, 0.6) is 0 Å². The van der Waals surface area contributed by atoms with E-state index >= 15 is 0 Å². The molecule has 0 aliphatic carbocycles. The molecule has 0 amide bonds. The van der Waals surface area contributed by atoms with Crippen molar-refractivity contribution in [3.8, 4) is 5.69 Å². The SMILES string of the molecule is Fc1cccc(Br)c1.Nc1ccc[nH]c1=O.Nc1cccn(-c2cccc(F)c2)c1=O. The van der Waals surface area contributed by atoms with E-state index in [1.165, 1.54) is 34.9 Å². The summed E-state index contributed by atoms with van der Waals surface area (Å²) in [5.41, 5.74) is 10.9. The Morgan fingerprint density at radius 1 is 0.806 bits per heavy atom. The molecule has 6 nitrogen and oxygen atoms in total. The predicted molar refractivity (Wildman–Crippen MR) is 122 cm³/mol. The van der Waals surface area contributed by atoms with Crippen LogP contribution in [0.25, 0.3) is 5.69 Å². The zero-order chi connectivity index (χ0) is 22.8. The van der Waals surface area contributed by atoms with Crippen molar-refractivity contribution in [3.05, 3.63) is 122 Å². The number of nitrogen functional groups attached to an aromatic ring is 2. The van der Waals surface area contributed by atoms with E-state index in [9.17, 15) is 18.4 Å². The number of halogens is 3. The monoisotopic (exact) mass is 488 g/mol. The van der Waals surface area contributed by atoms with Crippen LogP contribution in [-0.2, 0) is 0 Å². The van der Waals surface area contributed by atoms with Crippen molar-refractivity contribution >= 4 is 27.3 Å². The number of hydrogen-bond donors (Lipinski definition) is 3. The Hall–Kier alpha value is -3.72. The lowest BCUT2D eigenvalue weighted by Gasteiger charge is -2.05.